The first-order chi connectivity index (χ1) is 22.8. The second-order valence-corrected chi connectivity index (χ2v) is 16.9. The number of likely N-dealkylation sites (tertiary alicyclic amines) is 1. The molecule has 2 aliphatic carbocycles. The Labute approximate surface area is 286 Å². The normalized spacial score (nSPS) is 24.4. The van der Waals surface area contributed by atoms with Gasteiger partial charge in [0.15, 0.2) is 0 Å². The van der Waals surface area contributed by atoms with Crippen LogP contribution in [0.3, 0.4) is 0 Å². The van der Waals surface area contributed by atoms with Gasteiger partial charge in [-0.25, -0.2) is 18.2 Å². The molecule has 3 heterocycles. The van der Waals surface area contributed by atoms with Crippen LogP contribution in [0.25, 0.3) is 11.3 Å². The van der Waals surface area contributed by atoms with Crippen molar-refractivity contribution >= 4 is 33.8 Å². The quantitative estimate of drug-likeness (QED) is 0.294. The Balaban J connectivity index is 1.41. The fourth-order valence-electron chi connectivity index (χ4n) is 5.86. The third-order valence-electron chi connectivity index (χ3n) is 8.70. The van der Waals surface area contributed by atoms with Gasteiger partial charge in [0, 0.05) is 24.0 Å². The van der Waals surface area contributed by atoms with Gasteiger partial charge in [-0.1, -0.05) is 32.9 Å². The number of amides is 4. The Kier molecular flexibility index (Phi) is 9.63. The number of carbonyl (C=O) groups is 4. The van der Waals surface area contributed by atoms with Crippen LogP contribution in [-0.4, -0.2) is 83.2 Å². The molecule has 14 nitrogen and oxygen atoms in total. The predicted octanol–water partition coefficient (Wildman–Crippen LogP) is 3.30. The Morgan fingerprint density at radius 2 is 1.84 bits per heavy atom. The van der Waals surface area contributed by atoms with Gasteiger partial charge < -0.3 is 29.4 Å². The summed E-state index contributed by atoms with van der Waals surface area (Å²) in [7, 11) is -3.89. The van der Waals surface area contributed by atoms with E-state index in [0.29, 0.717) is 18.5 Å². The molecule has 5 rings (SSSR count). The Morgan fingerprint density at radius 1 is 1.12 bits per heavy atom. The average Bonchev–Trinajstić information content (AvgIpc) is 3.87. The van der Waals surface area contributed by atoms with E-state index >= 15 is 0 Å². The van der Waals surface area contributed by atoms with Crippen LogP contribution in [0.5, 0.6) is 5.88 Å². The molecule has 0 aromatic carbocycles. The van der Waals surface area contributed by atoms with Crippen molar-refractivity contribution in [1.82, 2.24) is 25.2 Å². The maximum atomic E-state index is 14.3. The van der Waals surface area contributed by atoms with E-state index in [4.69, 9.17) is 13.9 Å². The van der Waals surface area contributed by atoms with Crippen molar-refractivity contribution in [3.05, 3.63) is 49.4 Å². The van der Waals surface area contributed by atoms with Crippen LogP contribution in [0.2, 0.25) is 0 Å². The Hall–Kier alpha value is -4.40. The van der Waals surface area contributed by atoms with Crippen LogP contribution in [-0.2, 0) is 29.1 Å². The molecular formula is C34H45N5O9S. The van der Waals surface area contributed by atoms with Crippen LogP contribution in [0.4, 0.5) is 4.79 Å². The molecule has 5 atom stereocenters. The lowest BCUT2D eigenvalue weighted by atomic mass is 9.85. The molecule has 1 aliphatic heterocycles. The Bertz CT molecular complexity index is 1710. The number of furan rings is 1. The summed E-state index contributed by atoms with van der Waals surface area (Å²) in [5.41, 5.74) is -1.85. The molecule has 15 heteroatoms. The highest BCUT2D eigenvalue weighted by atomic mass is 32.2. The smallest absolute Gasteiger partial charge is 0.408 e. The van der Waals surface area contributed by atoms with Gasteiger partial charge in [0.25, 0.3) is 5.91 Å². The number of ether oxygens (including phenoxy) is 2. The summed E-state index contributed by atoms with van der Waals surface area (Å²) in [6.45, 7) is 14.1. The van der Waals surface area contributed by atoms with Crippen molar-refractivity contribution in [2.75, 3.05) is 6.54 Å². The van der Waals surface area contributed by atoms with Gasteiger partial charge in [-0.15, -0.1) is 6.58 Å². The highest BCUT2D eigenvalue weighted by molar-refractivity contribution is 7.91. The van der Waals surface area contributed by atoms with Gasteiger partial charge >= 0.3 is 6.09 Å². The SMILES string of the molecule is C=C[C@@H]1C[C@]1(NC(=O)[C@@H]1CC(Oc2cccc(-c3ccoc3)n2)CN1C(=O)[C@@H](NC(=O)OC(C)(C)C)C(C)(C)C)C(=O)NS(=O)(=O)C1CC1. The number of pyridine rings is 1. The van der Waals surface area contributed by atoms with Gasteiger partial charge in [0.2, 0.25) is 27.7 Å². The lowest BCUT2D eigenvalue weighted by molar-refractivity contribution is -0.143. The summed E-state index contributed by atoms with van der Waals surface area (Å²) in [5.74, 6) is -2.34. The number of hydrogen-bond donors (Lipinski definition) is 3. The summed E-state index contributed by atoms with van der Waals surface area (Å²) in [4.78, 5) is 60.6. The fourth-order valence-corrected chi connectivity index (χ4v) is 7.22. The first-order valence-corrected chi connectivity index (χ1v) is 17.8. The molecule has 3 aliphatic rings. The molecular weight excluding hydrogens is 654 g/mol. The number of aromatic nitrogens is 1. The molecule has 49 heavy (non-hydrogen) atoms. The standard InChI is InChI=1S/C34H45N5O9S/c1-8-21-17-34(21,30(42)38-49(44,45)23-12-13-23)37-28(40)25-16-22(47-26-11-9-10-24(35-26)20-14-15-46-19-20)18-39(25)29(41)27(32(2,3)4)36-31(43)48-33(5,6)7/h8-11,14-15,19,21-23,25,27H,1,12-13,16-18H2,2-7H3,(H,36,43)(H,37,40)(H,38,42)/t21-,22?,25+,27-,34-/m1/s1. The van der Waals surface area contributed by atoms with E-state index in [-0.39, 0.29) is 25.3 Å². The molecule has 3 fully saturated rings. The lowest BCUT2D eigenvalue weighted by Gasteiger charge is -2.36. The van der Waals surface area contributed by atoms with E-state index in [9.17, 15) is 27.6 Å². The molecule has 0 spiro atoms. The molecule has 2 saturated carbocycles. The molecule has 1 saturated heterocycles. The molecule has 0 bridgehead atoms. The largest absolute Gasteiger partial charge is 0.472 e. The van der Waals surface area contributed by atoms with Crippen molar-refractivity contribution < 1.29 is 41.5 Å². The number of alkyl carbamates (subject to hydrolysis) is 1. The van der Waals surface area contributed by atoms with Gasteiger partial charge in [0.1, 0.15) is 29.3 Å². The third-order valence-corrected chi connectivity index (χ3v) is 10.5. The van der Waals surface area contributed by atoms with Crippen molar-refractivity contribution in [2.24, 2.45) is 11.3 Å². The van der Waals surface area contributed by atoms with Crippen LogP contribution >= 0.6 is 0 Å². The maximum Gasteiger partial charge on any atom is 0.408 e. The van der Waals surface area contributed by atoms with Crippen LogP contribution in [0.1, 0.15) is 67.2 Å². The van der Waals surface area contributed by atoms with E-state index in [1.54, 1.807) is 72.1 Å². The van der Waals surface area contributed by atoms with Crippen molar-refractivity contribution in [1.29, 1.82) is 0 Å². The summed E-state index contributed by atoms with van der Waals surface area (Å²) in [5, 5.41) is 4.81. The van der Waals surface area contributed by atoms with Crippen LogP contribution in [0, 0.1) is 11.3 Å². The zero-order valence-electron chi connectivity index (χ0n) is 28.6. The zero-order chi connectivity index (χ0) is 35.9. The van der Waals surface area contributed by atoms with Gasteiger partial charge in [-0.2, -0.15) is 0 Å². The van der Waals surface area contributed by atoms with E-state index in [0.717, 1.165) is 5.56 Å². The van der Waals surface area contributed by atoms with Crippen molar-refractivity contribution in [3.63, 3.8) is 0 Å². The highest BCUT2D eigenvalue weighted by Gasteiger charge is 2.62. The zero-order valence-corrected chi connectivity index (χ0v) is 29.5. The van der Waals surface area contributed by atoms with E-state index in [1.807, 2.05) is 0 Å². The average molecular weight is 700 g/mol. The third kappa shape index (κ3) is 8.26. The number of carbonyl (C=O) groups excluding carboxylic acids is 4. The summed E-state index contributed by atoms with van der Waals surface area (Å²) in [6.07, 6.45) is 4.14. The molecule has 266 valence electrons. The highest BCUT2D eigenvalue weighted by Crippen LogP contribution is 2.45. The van der Waals surface area contributed by atoms with Crippen molar-refractivity contribution in [3.8, 4) is 17.1 Å². The number of nitrogens with one attached hydrogen (secondary N) is 3. The minimum absolute atomic E-state index is 0.0231. The summed E-state index contributed by atoms with van der Waals surface area (Å²) in [6, 6.07) is 4.70. The lowest BCUT2D eigenvalue weighted by Crippen LogP contribution is -2.60. The van der Waals surface area contributed by atoms with E-state index in [2.05, 4.69) is 26.9 Å². The first-order valence-electron chi connectivity index (χ1n) is 16.3. The van der Waals surface area contributed by atoms with Gasteiger partial charge in [-0.05, 0) is 57.6 Å². The maximum absolute atomic E-state index is 14.3. The topological polar surface area (TPSA) is 186 Å². The van der Waals surface area contributed by atoms with Crippen LogP contribution < -0.4 is 20.1 Å². The van der Waals surface area contributed by atoms with Crippen LogP contribution in [0.15, 0.2) is 53.9 Å². The number of nitrogens with zero attached hydrogens (tertiary/aromatic N) is 2. The molecule has 0 radical (unpaired) electrons. The second-order valence-electron chi connectivity index (χ2n) is 15.0. The number of sulfonamides is 1. The monoisotopic (exact) mass is 699 g/mol. The minimum atomic E-state index is -3.89. The van der Waals surface area contributed by atoms with E-state index in [1.165, 1.54) is 17.2 Å². The summed E-state index contributed by atoms with van der Waals surface area (Å²) < 4.78 is 44.2. The number of rotatable bonds is 11. The molecule has 2 aromatic heterocycles. The molecule has 1 unspecified atom stereocenters. The van der Waals surface area contributed by atoms with Gasteiger partial charge in [-0.3, -0.25) is 19.1 Å². The summed E-state index contributed by atoms with van der Waals surface area (Å²) >= 11 is 0. The molecule has 2 aromatic rings. The van der Waals surface area contributed by atoms with Gasteiger partial charge in [0.05, 0.1) is 30.0 Å². The number of hydrogen-bond acceptors (Lipinski definition) is 10. The van der Waals surface area contributed by atoms with Crippen molar-refractivity contribution in [2.45, 2.75) is 102 Å². The molecule has 3 N–H and O–H groups in total. The molecule has 4 amide bonds. The fraction of sp³-hybridized carbons (Fsp3) is 0.559. The second kappa shape index (κ2) is 13.1. The minimum Gasteiger partial charge on any atom is -0.472 e. The predicted molar refractivity (Wildman–Crippen MR) is 178 cm³/mol. The first kappa shape index (κ1) is 35.9. The Morgan fingerprint density at radius 3 is 2.41 bits per heavy atom. The van der Waals surface area contributed by atoms with E-state index < -0.39 is 79.7 Å².